The Morgan fingerprint density at radius 2 is 1.57 bits per heavy atom. The first-order valence-corrected chi connectivity index (χ1v) is 7.50. The number of pyridine rings is 1. The van der Waals surface area contributed by atoms with Gasteiger partial charge in [-0.05, 0) is 28.7 Å². The lowest BCUT2D eigenvalue weighted by atomic mass is 9.86. The van der Waals surface area contributed by atoms with E-state index in [4.69, 9.17) is 0 Å². The Kier molecular flexibility index (Phi) is 6.29. The molecule has 2 aromatic rings. The van der Waals surface area contributed by atoms with Crippen molar-refractivity contribution >= 4 is 38.7 Å². The summed E-state index contributed by atoms with van der Waals surface area (Å²) in [4.78, 5) is 16.1. The molecule has 0 saturated heterocycles. The molecule has 0 fully saturated rings. The highest BCUT2D eigenvalue weighted by atomic mass is 79.9. The zero-order valence-corrected chi connectivity index (χ0v) is 15.6. The Morgan fingerprint density at radius 1 is 1.05 bits per heavy atom. The topological polar surface area (TPSA) is 30.0 Å². The lowest BCUT2D eigenvalue weighted by Gasteiger charge is -2.19. The molecule has 1 atom stereocenters. The average Bonchev–Trinajstić information content (AvgIpc) is 2.46. The van der Waals surface area contributed by atoms with Crippen molar-refractivity contribution in [1.82, 2.24) is 4.98 Å². The lowest BCUT2D eigenvalue weighted by Crippen LogP contribution is -2.12. The van der Waals surface area contributed by atoms with E-state index in [1.54, 1.807) is 12.4 Å². The molecule has 0 spiro atoms. The van der Waals surface area contributed by atoms with Gasteiger partial charge in [0.05, 0.1) is 0 Å². The summed E-state index contributed by atoms with van der Waals surface area (Å²) in [5.74, 6) is 0.0664. The molecule has 0 saturated carbocycles. The summed E-state index contributed by atoms with van der Waals surface area (Å²) >= 11 is 3.47. The van der Waals surface area contributed by atoms with E-state index in [1.807, 2.05) is 36.4 Å². The van der Waals surface area contributed by atoms with Gasteiger partial charge in [0.15, 0.2) is 5.78 Å². The minimum atomic E-state index is -0.328. The molecule has 1 unspecified atom stereocenters. The number of hydrogen-bond acceptors (Lipinski definition) is 2. The monoisotopic (exact) mass is 411 g/mol. The smallest absolute Gasteiger partial charge is 0.180 e. The molecule has 0 aliphatic rings. The minimum absolute atomic E-state index is 0. The summed E-state index contributed by atoms with van der Waals surface area (Å²) < 4.78 is 0. The number of alkyl halides is 1. The predicted molar refractivity (Wildman–Crippen MR) is 95.7 cm³/mol. The number of benzene rings is 1. The van der Waals surface area contributed by atoms with Gasteiger partial charge in [-0.3, -0.25) is 9.78 Å². The van der Waals surface area contributed by atoms with Crippen LogP contribution in [0, 0.1) is 0 Å². The van der Waals surface area contributed by atoms with Gasteiger partial charge < -0.3 is 0 Å². The summed E-state index contributed by atoms with van der Waals surface area (Å²) in [7, 11) is 0. The molecule has 21 heavy (non-hydrogen) atoms. The van der Waals surface area contributed by atoms with Crippen LogP contribution in [-0.2, 0) is 5.41 Å². The Morgan fingerprint density at radius 3 is 2.05 bits per heavy atom. The number of carbonyl (C=O) groups excluding carboxylic acids is 1. The molecule has 0 bridgehead atoms. The first-order valence-electron chi connectivity index (χ1n) is 6.58. The molecule has 4 heteroatoms. The third-order valence-electron chi connectivity index (χ3n) is 3.26. The summed E-state index contributed by atoms with van der Waals surface area (Å²) in [5.41, 5.74) is 2.96. The quantitative estimate of drug-likeness (QED) is 0.507. The number of halogens is 2. The fourth-order valence-electron chi connectivity index (χ4n) is 1.96. The van der Waals surface area contributed by atoms with Crippen LogP contribution in [0.4, 0.5) is 0 Å². The van der Waals surface area contributed by atoms with Crippen LogP contribution >= 0.6 is 32.9 Å². The van der Waals surface area contributed by atoms with Crippen LogP contribution in [-0.4, -0.2) is 10.8 Å². The number of hydrogen-bond donors (Lipinski definition) is 0. The summed E-state index contributed by atoms with van der Waals surface area (Å²) in [6.07, 6.45) is 3.39. The van der Waals surface area contributed by atoms with Crippen molar-refractivity contribution in [3.8, 4) is 0 Å². The zero-order chi connectivity index (χ0) is 14.8. The van der Waals surface area contributed by atoms with Gasteiger partial charge in [-0.1, -0.05) is 61.0 Å². The van der Waals surface area contributed by atoms with E-state index in [-0.39, 0.29) is 33.0 Å². The molecule has 1 aromatic heterocycles. The molecule has 0 radical (unpaired) electrons. The van der Waals surface area contributed by atoms with E-state index in [0.29, 0.717) is 0 Å². The molecular weight excluding hydrogens is 394 g/mol. The van der Waals surface area contributed by atoms with Crippen LogP contribution in [0.25, 0.3) is 0 Å². The summed E-state index contributed by atoms with van der Waals surface area (Å²) in [5, 5.41) is 0. The van der Waals surface area contributed by atoms with Gasteiger partial charge in [-0.25, -0.2) is 0 Å². The van der Waals surface area contributed by atoms with Crippen LogP contribution < -0.4 is 0 Å². The molecule has 1 heterocycles. The Bertz CT molecular complexity index is 588. The van der Waals surface area contributed by atoms with Gasteiger partial charge in [0.2, 0.25) is 0 Å². The molecule has 0 aliphatic carbocycles. The first-order chi connectivity index (χ1) is 9.39. The second-order valence-corrected chi connectivity index (χ2v) is 6.75. The molecule has 0 N–H and O–H groups in total. The third-order valence-corrected chi connectivity index (χ3v) is 4.21. The van der Waals surface area contributed by atoms with Gasteiger partial charge in [0.25, 0.3) is 0 Å². The fraction of sp³-hybridized carbons (Fsp3) is 0.294. The normalized spacial score (nSPS) is 12.4. The number of ketones is 1. The second-order valence-electron chi connectivity index (χ2n) is 5.83. The van der Waals surface area contributed by atoms with E-state index in [0.717, 1.165) is 11.1 Å². The van der Waals surface area contributed by atoms with Crippen molar-refractivity contribution in [3.05, 3.63) is 65.5 Å². The van der Waals surface area contributed by atoms with Gasteiger partial charge in [0, 0.05) is 18.0 Å². The van der Waals surface area contributed by atoms with Gasteiger partial charge in [-0.15, -0.1) is 17.0 Å². The molecule has 0 aliphatic heterocycles. The van der Waals surface area contributed by atoms with E-state index in [1.165, 1.54) is 5.56 Å². The molecule has 2 rings (SSSR count). The SMILES string of the molecule is Br.CC(C)(C)c1ccc(C(=O)C(Br)c2ccncc2)cc1. The van der Waals surface area contributed by atoms with Crippen molar-refractivity contribution in [2.75, 3.05) is 0 Å². The minimum Gasteiger partial charge on any atom is -0.293 e. The number of nitrogens with zero attached hydrogens (tertiary/aromatic N) is 1. The Hall–Kier alpha value is -1.00. The van der Waals surface area contributed by atoms with Crippen molar-refractivity contribution < 1.29 is 4.79 Å². The van der Waals surface area contributed by atoms with Gasteiger partial charge >= 0.3 is 0 Å². The zero-order valence-electron chi connectivity index (χ0n) is 12.3. The third kappa shape index (κ3) is 4.48. The van der Waals surface area contributed by atoms with Crippen LogP contribution in [0.1, 0.15) is 47.1 Å². The number of aromatic nitrogens is 1. The molecule has 2 nitrogen and oxygen atoms in total. The molecule has 112 valence electrons. The van der Waals surface area contributed by atoms with Crippen LogP contribution in [0.2, 0.25) is 0 Å². The largest absolute Gasteiger partial charge is 0.293 e. The maximum Gasteiger partial charge on any atom is 0.180 e. The van der Waals surface area contributed by atoms with E-state index < -0.39 is 0 Å². The maximum absolute atomic E-state index is 12.4. The first kappa shape index (κ1) is 18.1. The number of carbonyl (C=O) groups is 1. The van der Waals surface area contributed by atoms with Gasteiger partial charge in [0.1, 0.15) is 4.83 Å². The highest BCUT2D eigenvalue weighted by molar-refractivity contribution is 9.09. The standard InChI is InChI=1S/C17H18BrNO.BrH/c1-17(2,3)14-6-4-13(5-7-14)16(20)15(18)12-8-10-19-11-9-12;/h4-11,15H,1-3H3;1H. The predicted octanol–water partition coefficient (Wildman–Crippen LogP) is 5.28. The maximum atomic E-state index is 12.4. The average molecular weight is 413 g/mol. The van der Waals surface area contributed by atoms with Crippen LogP contribution in [0.3, 0.4) is 0 Å². The Balaban J connectivity index is 0.00000220. The summed E-state index contributed by atoms with van der Waals surface area (Å²) in [6.45, 7) is 6.48. The summed E-state index contributed by atoms with van der Waals surface area (Å²) in [6, 6.07) is 11.6. The lowest BCUT2D eigenvalue weighted by molar-refractivity contribution is 0.0991. The van der Waals surface area contributed by atoms with E-state index in [9.17, 15) is 4.79 Å². The van der Waals surface area contributed by atoms with Crippen LogP contribution in [0.15, 0.2) is 48.8 Å². The fourth-order valence-corrected chi connectivity index (χ4v) is 2.53. The highest BCUT2D eigenvalue weighted by Gasteiger charge is 2.20. The molecule has 1 aromatic carbocycles. The highest BCUT2D eigenvalue weighted by Crippen LogP contribution is 2.28. The second kappa shape index (κ2) is 7.32. The number of Topliss-reactive ketones (excluding diaryl/α,β-unsaturated/α-hetero) is 1. The van der Waals surface area contributed by atoms with Crippen LogP contribution in [0.5, 0.6) is 0 Å². The van der Waals surface area contributed by atoms with E-state index in [2.05, 4.69) is 41.7 Å². The van der Waals surface area contributed by atoms with E-state index >= 15 is 0 Å². The van der Waals surface area contributed by atoms with Crippen molar-refractivity contribution in [1.29, 1.82) is 0 Å². The number of rotatable bonds is 3. The molecule has 0 amide bonds. The van der Waals surface area contributed by atoms with Gasteiger partial charge in [-0.2, -0.15) is 0 Å². The van der Waals surface area contributed by atoms with Crippen molar-refractivity contribution in [3.63, 3.8) is 0 Å². The molecular formula is C17H19Br2NO. The van der Waals surface area contributed by atoms with Crippen molar-refractivity contribution in [2.45, 2.75) is 31.0 Å². The Labute approximate surface area is 144 Å². The van der Waals surface area contributed by atoms with Crippen molar-refractivity contribution in [2.24, 2.45) is 0 Å².